The Balaban J connectivity index is 0.00000420. The second-order valence-electron chi connectivity index (χ2n) is 12.2. The zero-order valence-electron chi connectivity index (χ0n) is 20.7. The summed E-state index contributed by atoms with van der Waals surface area (Å²) < 4.78 is 2.13. The molecular weight excluding hydrogens is 433 g/mol. The molecule has 0 spiro atoms. The van der Waals surface area contributed by atoms with E-state index in [-0.39, 0.29) is 60.5 Å². The molecule has 1 radical (unpaired) electrons. The monoisotopic (exact) mass is 473 g/mol. The van der Waals surface area contributed by atoms with Gasteiger partial charge in [-0.3, -0.25) is 4.98 Å². The summed E-state index contributed by atoms with van der Waals surface area (Å²) in [5.74, 6) is 1.02. The summed E-state index contributed by atoms with van der Waals surface area (Å²) in [6.07, 6.45) is 9.78. The van der Waals surface area contributed by atoms with E-state index in [9.17, 15) is 0 Å². The van der Waals surface area contributed by atoms with Crippen LogP contribution in [0.1, 0.15) is 88.9 Å². The number of imidazole rings is 1. The quantitative estimate of drug-likeness (QED) is 0.506. The largest absolute Gasteiger partial charge is 0.412 e. The molecule has 4 nitrogen and oxygen atoms in total. The van der Waals surface area contributed by atoms with Crippen molar-refractivity contribution in [1.29, 1.82) is 0 Å². The van der Waals surface area contributed by atoms with Crippen molar-refractivity contribution in [3.05, 3.63) is 30.8 Å². The molecule has 29 heavy (non-hydrogen) atoms. The minimum atomic E-state index is -0.0893. The van der Waals surface area contributed by atoms with Crippen molar-refractivity contribution in [1.82, 2.24) is 14.4 Å². The number of hydrogen-bond donors (Lipinski definition) is 0. The maximum Gasteiger partial charge on any atom is 0.0960 e. The molecule has 2 aromatic rings. The van der Waals surface area contributed by atoms with Crippen LogP contribution in [0, 0.1) is 23.4 Å². The van der Waals surface area contributed by atoms with Crippen LogP contribution in [0.3, 0.4) is 0 Å². The van der Waals surface area contributed by atoms with E-state index in [1.54, 1.807) is 0 Å². The second kappa shape index (κ2) is 8.57. The normalized spacial score (nSPS) is 14.6. The fourth-order valence-corrected chi connectivity index (χ4v) is 3.61. The van der Waals surface area contributed by atoms with E-state index in [0.717, 1.165) is 17.2 Å². The van der Waals surface area contributed by atoms with Crippen LogP contribution in [0.5, 0.6) is 0 Å². The van der Waals surface area contributed by atoms with Crippen LogP contribution in [0.4, 0.5) is 5.69 Å². The number of aromatic nitrogens is 3. The Morgan fingerprint density at radius 3 is 1.93 bits per heavy atom. The van der Waals surface area contributed by atoms with Crippen molar-refractivity contribution < 1.29 is 32.7 Å². The van der Waals surface area contributed by atoms with Crippen molar-refractivity contribution in [3.8, 4) is 0 Å². The van der Waals surface area contributed by atoms with E-state index >= 15 is 0 Å². The van der Waals surface area contributed by atoms with Gasteiger partial charge in [0.1, 0.15) is 0 Å². The molecule has 0 saturated carbocycles. The van der Waals surface area contributed by atoms with Crippen LogP contribution in [0.15, 0.2) is 12.4 Å². The molecule has 0 aliphatic carbocycles. The van der Waals surface area contributed by atoms with Crippen LogP contribution in [-0.2, 0) is 38.1 Å². The van der Waals surface area contributed by atoms with E-state index in [4.69, 9.17) is 0 Å². The molecule has 0 fully saturated rings. The summed E-state index contributed by atoms with van der Waals surface area (Å²) in [4.78, 5) is 11.7. The summed E-state index contributed by atoms with van der Waals surface area (Å²) in [6, 6.07) is 0.226. The number of fused-ring (bicyclic) bond motifs is 1. The van der Waals surface area contributed by atoms with Crippen molar-refractivity contribution >= 4 is 11.3 Å². The molecule has 0 bridgehead atoms. The summed E-state index contributed by atoms with van der Waals surface area (Å²) in [5, 5.41) is 0. The average molecular weight is 474 g/mol. The molecule has 1 atom stereocenters. The van der Waals surface area contributed by atoms with E-state index in [1.165, 1.54) is 0 Å². The Morgan fingerprint density at radius 1 is 0.966 bits per heavy atom. The fraction of sp³-hybridized carbons (Fsp3) is 0.708. The molecule has 2 rings (SSSR count). The molecule has 1 unspecified atom stereocenters. The molecular formula is C24H40N4Y-2. The molecule has 2 heterocycles. The van der Waals surface area contributed by atoms with E-state index in [2.05, 4.69) is 121 Å². The smallest absolute Gasteiger partial charge is 0.0960 e. The van der Waals surface area contributed by atoms with Crippen LogP contribution in [-0.4, -0.2) is 25.9 Å². The van der Waals surface area contributed by atoms with Gasteiger partial charge in [0.05, 0.1) is 5.82 Å². The van der Waals surface area contributed by atoms with Crippen LogP contribution >= 0.6 is 0 Å². The first kappa shape index (κ1) is 26.6. The Hall–Kier alpha value is -0.476. The number of hydrogen-bond acceptors (Lipinski definition) is 3. The molecule has 2 aromatic heterocycles. The molecule has 0 amide bonds. The van der Waals surface area contributed by atoms with Crippen molar-refractivity contribution in [2.45, 2.75) is 100 Å². The third kappa shape index (κ3) is 6.50. The summed E-state index contributed by atoms with van der Waals surface area (Å²) in [7, 11) is 0. The van der Waals surface area contributed by atoms with Gasteiger partial charge in [0, 0.05) is 55.5 Å². The Morgan fingerprint density at radius 2 is 1.52 bits per heavy atom. The molecule has 5 heteroatoms. The first-order valence-electron chi connectivity index (χ1n) is 10.3. The zero-order chi connectivity index (χ0) is 21.7. The molecule has 0 aliphatic rings. The van der Waals surface area contributed by atoms with Crippen LogP contribution < -0.4 is 4.90 Å². The molecule has 161 valence electrons. The standard InChI is InChI=1S/C24H40N4.Y/c1-21(2,3)13-18(22(4,5)6)28(24(10,11)12)17-14-25-19-15-26-20(23(7,8)9)27(19)16-17;/h13,15-16,18H,1-12H3;/q-2;. The van der Waals surface area contributed by atoms with Gasteiger partial charge < -0.3 is 20.7 Å². The Kier molecular flexibility index (Phi) is 7.85. The van der Waals surface area contributed by atoms with E-state index in [0.29, 0.717) is 0 Å². The summed E-state index contributed by atoms with van der Waals surface area (Å²) in [5.41, 5.74) is 1.86. The molecule has 0 saturated heterocycles. The van der Waals surface area contributed by atoms with Gasteiger partial charge in [-0.15, -0.1) is 0 Å². The third-order valence-electron chi connectivity index (χ3n) is 4.79. The van der Waals surface area contributed by atoms with Gasteiger partial charge in [0.15, 0.2) is 0 Å². The van der Waals surface area contributed by atoms with Crippen molar-refractivity contribution in [2.75, 3.05) is 4.90 Å². The Labute approximate surface area is 204 Å². The number of nitrogens with zero attached hydrogens (tertiary/aromatic N) is 4. The van der Waals surface area contributed by atoms with Gasteiger partial charge in [-0.2, -0.15) is 5.41 Å². The van der Waals surface area contributed by atoms with Gasteiger partial charge >= 0.3 is 0 Å². The first-order valence-corrected chi connectivity index (χ1v) is 10.3. The predicted molar refractivity (Wildman–Crippen MR) is 120 cm³/mol. The second-order valence-corrected chi connectivity index (χ2v) is 12.2. The van der Waals surface area contributed by atoms with E-state index < -0.39 is 0 Å². The van der Waals surface area contributed by atoms with E-state index in [1.807, 2.05) is 6.20 Å². The number of anilines is 1. The zero-order valence-corrected chi connectivity index (χ0v) is 23.5. The topological polar surface area (TPSA) is 33.4 Å². The van der Waals surface area contributed by atoms with Gasteiger partial charge in [0.2, 0.25) is 0 Å². The Bertz CT molecular complexity index is 810. The molecule has 0 N–H and O–H groups in total. The third-order valence-corrected chi connectivity index (χ3v) is 4.79. The first-order chi connectivity index (χ1) is 12.4. The van der Waals surface area contributed by atoms with Crippen molar-refractivity contribution in [2.24, 2.45) is 10.8 Å². The fourth-order valence-electron chi connectivity index (χ4n) is 3.61. The minimum Gasteiger partial charge on any atom is -0.412 e. The SMILES string of the molecule is CC(C)(C)[CH-]C(N(c1[c-]nc2cnc(C(C)(C)C)n2c1)C(C)(C)C)C(C)(C)C.[Y]. The van der Waals surface area contributed by atoms with Gasteiger partial charge in [0.25, 0.3) is 0 Å². The van der Waals surface area contributed by atoms with Crippen molar-refractivity contribution in [3.63, 3.8) is 0 Å². The maximum absolute atomic E-state index is 4.64. The maximum atomic E-state index is 4.64. The average Bonchev–Trinajstić information content (AvgIpc) is 2.85. The number of rotatable bonds is 3. The van der Waals surface area contributed by atoms with Crippen LogP contribution in [0.25, 0.3) is 5.65 Å². The van der Waals surface area contributed by atoms with Gasteiger partial charge in [-0.05, 0) is 31.9 Å². The summed E-state index contributed by atoms with van der Waals surface area (Å²) in [6.45, 7) is 27.1. The minimum absolute atomic E-state index is 0. The summed E-state index contributed by atoms with van der Waals surface area (Å²) >= 11 is 0. The van der Waals surface area contributed by atoms with Gasteiger partial charge in [-0.25, -0.2) is 0 Å². The van der Waals surface area contributed by atoms with Crippen LogP contribution in [0.2, 0.25) is 0 Å². The molecule has 0 aliphatic heterocycles. The molecule has 0 aromatic carbocycles. The van der Waals surface area contributed by atoms with Gasteiger partial charge in [-0.1, -0.05) is 80.7 Å². The predicted octanol–water partition coefficient (Wildman–Crippen LogP) is 6.09.